The summed E-state index contributed by atoms with van der Waals surface area (Å²) in [6.45, 7) is 14.4. The highest BCUT2D eigenvalue weighted by molar-refractivity contribution is 6.22. The summed E-state index contributed by atoms with van der Waals surface area (Å²) in [4.78, 5) is 31.2. The molecule has 0 bridgehead atoms. The van der Waals surface area contributed by atoms with E-state index in [1.54, 1.807) is 13.1 Å². The van der Waals surface area contributed by atoms with Crippen molar-refractivity contribution in [2.24, 2.45) is 15.9 Å². The number of Topliss-reactive ketones (excluding diaryl/α,β-unsaturated/α-hetero) is 1. The summed E-state index contributed by atoms with van der Waals surface area (Å²) in [5, 5.41) is 6.87. The highest BCUT2D eigenvalue weighted by atomic mass is 16.5. The van der Waals surface area contributed by atoms with Crippen molar-refractivity contribution in [3.05, 3.63) is 48.0 Å². The normalized spacial score (nSPS) is 13.1. The highest BCUT2D eigenvalue weighted by Gasteiger charge is 2.07. The van der Waals surface area contributed by atoms with Crippen LogP contribution in [-0.2, 0) is 14.3 Å². The molecule has 0 aromatic carbocycles. The fourth-order valence-electron chi connectivity index (χ4n) is 1.45. The number of carbonyl (C=O) groups is 2. The minimum Gasteiger partial charge on any atom is -0.426 e. The zero-order valence-electron chi connectivity index (χ0n) is 15.2. The van der Waals surface area contributed by atoms with Crippen LogP contribution in [-0.4, -0.2) is 30.4 Å². The van der Waals surface area contributed by atoms with Crippen LogP contribution in [0.5, 0.6) is 0 Å². The van der Waals surface area contributed by atoms with Gasteiger partial charge in [0.2, 0.25) is 0 Å². The Hall–Kier alpha value is -2.89. The molecule has 0 spiro atoms. The molecule has 0 aliphatic carbocycles. The third kappa shape index (κ3) is 9.76. The fraction of sp³-hybridized carbons (Fsp3) is 0.316. The third-order valence-electron chi connectivity index (χ3n) is 2.78. The summed E-state index contributed by atoms with van der Waals surface area (Å²) in [6, 6.07) is 0. The molecular weight excluding hydrogens is 318 g/mol. The predicted molar refractivity (Wildman–Crippen MR) is 102 cm³/mol. The minimum absolute atomic E-state index is 0.120. The first-order valence-electron chi connectivity index (χ1n) is 7.73. The van der Waals surface area contributed by atoms with Gasteiger partial charge >= 0.3 is 5.97 Å². The molecule has 0 fully saturated rings. The van der Waals surface area contributed by atoms with Crippen LogP contribution < -0.4 is 0 Å². The van der Waals surface area contributed by atoms with Gasteiger partial charge < -0.3 is 10.1 Å². The van der Waals surface area contributed by atoms with Gasteiger partial charge in [0.1, 0.15) is 12.0 Å². The lowest BCUT2D eigenvalue weighted by Crippen LogP contribution is -2.05. The minimum atomic E-state index is -0.785. The largest absolute Gasteiger partial charge is 0.426 e. The fourth-order valence-corrected chi connectivity index (χ4v) is 1.45. The van der Waals surface area contributed by atoms with Gasteiger partial charge in [-0.05, 0) is 31.4 Å². The molecule has 0 saturated heterocycles. The molecule has 0 unspecified atom stereocenters. The van der Waals surface area contributed by atoms with Crippen LogP contribution in [0.2, 0.25) is 0 Å². The van der Waals surface area contributed by atoms with Crippen LogP contribution in [0.1, 0.15) is 34.1 Å². The number of nitrogens with zero attached hydrogens (tertiary/aromatic N) is 2. The van der Waals surface area contributed by atoms with Crippen LogP contribution in [0.3, 0.4) is 0 Å². The van der Waals surface area contributed by atoms with Gasteiger partial charge in [0.25, 0.3) is 0 Å². The molecule has 6 heteroatoms. The average molecular weight is 343 g/mol. The molecule has 134 valence electrons. The first kappa shape index (κ1) is 22.1. The molecule has 0 rings (SSSR count). The Morgan fingerprint density at radius 2 is 1.88 bits per heavy atom. The first-order chi connectivity index (χ1) is 11.7. The van der Waals surface area contributed by atoms with Crippen molar-refractivity contribution in [2.75, 3.05) is 0 Å². The van der Waals surface area contributed by atoms with Crippen LogP contribution in [0, 0.1) is 11.3 Å². The maximum atomic E-state index is 11.6. The lowest BCUT2D eigenvalue weighted by Gasteiger charge is -2.06. The second kappa shape index (κ2) is 11.6. The van der Waals surface area contributed by atoms with Crippen LogP contribution in [0.4, 0.5) is 0 Å². The molecule has 0 aromatic rings. The Bertz CT molecular complexity index is 665. The van der Waals surface area contributed by atoms with Crippen molar-refractivity contribution in [1.29, 1.82) is 5.41 Å². The topological polar surface area (TPSA) is 91.9 Å². The van der Waals surface area contributed by atoms with Gasteiger partial charge in [-0.25, -0.2) is 14.8 Å². The zero-order valence-corrected chi connectivity index (χ0v) is 15.2. The smallest absolute Gasteiger partial charge is 0.353 e. The van der Waals surface area contributed by atoms with Crippen molar-refractivity contribution in [3.63, 3.8) is 0 Å². The molecule has 0 saturated carbocycles. The molecule has 1 N–H and O–H groups in total. The molecule has 0 amide bonds. The second-order valence-electron chi connectivity index (χ2n) is 5.55. The van der Waals surface area contributed by atoms with E-state index < -0.39 is 5.97 Å². The Kier molecular flexibility index (Phi) is 10.3. The number of esters is 1. The number of hydrogen-bond donors (Lipinski definition) is 1. The SMILES string of the molecule is C=C/C=C(\CC(=C)C=N/C(N=CC(C)C)=C(/C)C(C)=O)OC(=O)C=N. The number of ether oxygens (including phenoxy) is 1. The van der Waals surface area contributed by atoms with Crippen LogP contribution in [0.15, 0.2) is 58.0 Å². The maximum Gasteiger partial charge on any atom is 0.353 e. The standard InChI is InChI=1S/C19H25N3O3/c1-7-8-17(25-18(24)10-20)9-14(4)12-22-19(15(5)16(6)23)21-11-13(2)3/h7-8,10-13,20H,1,4,9H2,2-3,5-6H3/b17-8+,19-15-,20-10?,21-11?,22-12?. The molecule has 0 heterocycles. The Balaban J connectivity index is 5.31. The van der Waals surface area contributed by atoms with Gasteiger partial charge in [-0.1, -0.05) is 33.1 Å². The number of nitrogens with one attached hydrogen (secondary N) is 1. The number of rotatable bonds is 10. The Morgan fingerprint density at radius 1 is 1.24 bits per heavy atom. The van der Waals surface area contributed by atoms with E-state index in [1.165, 1.54) is 25.3 Å². The van der Waals surface area contributed by atoms with Crippen molar-refractivity contribution in [3.8, 4) is 0 Å². The summed E-state index contributed by atoms with van der Waals surface area (Å²) in [6.07, 6.45) is 6.93. The summed E-state index contributed by atoms with van der Waals surface area (Å²) in [7, 11) is 0. The molecule has 0 aliphatic rings. The van der Waals surface area contributed by atoms with Gasteiger partial charge in [-0.3, -0.25) is 4.79 Å². The average Bonchev–Trinajstić information content (AvgIpc) is 2.53. The quantitative estimate of drug-likeness (QED) is 0.215. The Morgan fingerprint density at radius 3 is 2.36 bits per heavy atom. The van der Waals surface area contributed by atoms with E-state index in [2.05, 4.69) is 23.1 Å². The lowest BCUT2D eigenvalue weighted by atomic mass is 10.2. The van der Waals surface area contributed by atoms with Gasteiger partial charge in [-0.2, -0.15) is 0 Å². The molecule has 25 heavy (non-hydrogen) atoms. The monoisotopic (exact) mass is 343 g/mol. The molecule has 0 atom stereocenters. The van der Waals surface area contributed by atoms with Gasteiger partial charge in [0.15, 0.2) is 11.6 Å². The number of carbonyl (C=O) groups excluding carboxylic acids is 2. The van der Waals surface area contributed by atoms with E-state index in [0.29, 0.717) is 28.9 Å². The van der Waals surface area contributed by atoms with Crippen LogP contribution >= 0.6 is 0 Å². The molecule has 0 radical (unpaired) electrons. The molecule has 6 nitrogen and oxygen atoms in total. The second-order valence-corrected chi connectivity index (χ2v) is 5.55. The summed E-state index contributed by atoms with van der Waals surface area (Å²) in [5.74, 6) is -0.0819. The summed E-state index contributed by atoms with van der Waals surface area (Å²) in [5.41, 5.74) is 0.984. The van der Waals surface area contributed by atoms with E-state index in [-0.39, 0.29) is 18.1 Å². The third-order valence-corrected chi connectivity index (χ3v) is 2.78. The van der Waals surface area contributed by atoms with Gasteiger partial charge in [-0.15, -0.1) is 0 Å². The highest BCUT2D eigenvalue weighted by Crippen LogP contribution is 2.13. The Labute approximate surface area is 148 Å². The van der Waals surface area contributed by atoms with E-state index in [0.717, 1.165) is 0 Å². The summed E-state index contributed by atoms with van der Waals surface area (Å²) < 4.78 is 4.97. The summed E-state index contributed by atoms with van der Waals surface area (Å²) >= 11 is 0. The number of allylic oxidation sites excluding steroid dienone is 4. The van der Waals surface area contributed by atoms with Crippen LogP contribution in [0.25, 0.3) is 0 Å². The van der Waals surface area contributed by atoms with Crippen molar-refractivity contribution < 1.29 is 14.3 Å². The predicted octanol–water partition coefficient (Wildman–Crippen LogP) is 3.81. The first-order valence-corrected chi connectivity index (χ1v) is 7.73. The van der Waals surface area contributed by atoms with Crippen molar-refractivity contribution in [2.45, 2.75) is 34.1 Å². The van der Waals surface area contributed by atoms with Crippen molar-refractivity contribution >= 4 is 30.4 Å². The van der Waals surface area contributed by atoms with Crippen molar-refractivity contribution in [1.82, 2.24) is 0 Å². The van der Waals surface area contributed by atoms with Gasteiger partial charge in [0.05, 0.1) is 0 Å². The van der Waals surface area contributed by atoms with E-state index >= 15 is 0 Å². The number of hydrogen-bond acceptors (Lipinski definition) is 6. The maximum absolute atomic E-state index is 11.6. The number of ketones is 1. The molecule has 0 aliphatic heterocycles. The van der Waals surface area contributed by atoms with Gasteiger partial charge in [0, 0.05) is 24.4 Å². The lowest BCUT2D eigenvalue weighted by molar-refractivity contribution is -0.131. The van der Waals surface area contributed by atoms with E-state index in [4.69, 9.17) is 10.1 Å². The number of aliphatic imine (C=N–C) groups is 2. The van der Waals surface area contributed by atoms with E-state index in [1.807, 2.05) is 13.8 Å². The molecule has 0 aromatic heterocycles. The zero-order chi connectivity index (χ0) is 19.4. The van der Waals surface area contributed by atoms with E-state index in [9.17, 15) is 9.59 Å². The molecular formula is C19H25N3O3.